The zero-order chi connectivity index (χ0) is 19.8. The van der Waals surface area contributed by atoms with Crippen LogP contribution in [0.4, 0.5) is 0 Å². The van der Waals surface area contributed by atoms with Crippen LogP contribution in [0.15, 0.2) is 30.3 Å². The van der Waals surface area contributed by atoms with Gasteiger partial charge in [0.05, 0.1) is 11.3 Å². The van der Waals surface area contributed by atoms with E-state index in [0.29, 0.717) is 32.0 Å². The highest BCUT2D eigenvalue weighted by molar-refractivity contribution is 5.86. The van der Waals surface area contributed by atoms with Crippen molar-refractivity contribution in [3.8, 4) is 0 Å². The Kier molecular flexibility index (Phi) is 5.35. The van der Waals surface area contributed by atoms with Gasteiger partial charge in [0.15, 0.2) is 0 Å². The molecule has 148 valence electrons. The fourth-order valence-electron chi connectivity index (χ4n) is 4.92. The lowest BCUT2D eigenvalue weighted by Crippen LogP contribution is -2.55. The quantitative estimate of drug-likeness (QED) is 0.880. The maximum atomic E-state index is 13.4. The maximum Gasteiger partial charge on any atom is 0.307 e. The molecular weight excluding hydrogens is 340 g/mol. The van der Waals surface area contributed by atoms with Crippen LogP contribution in [0.5, 0.6) is 0 Å². The molecule has 0 aromatic heterocycles. The average molecular weight is 373 g/mol. The molecule has 1 saturated heterocycles. The van der Waals surface area contributed by atoms with Gasteiger partial charge < -0.3 is 10.0 Å². The van der Waals surface area contributed by atoms with Crippen molar-refractivity contribution in [2.24, 2.45) is 16.7 Å². The molecule has 3 rings (SSSR count). The van der Waals surface area contributed by atoms with Gasteiger partial charge in [-0.05, 0) is 30.7 Å². The number of aliphatic carboxylic acids is 1. The number of carbonyl (C=O) groups excluding carboxylic acids is 1. The van der Waals surface area contributed by atoms with E-state index in [4.69, 9.17) is 0 Å². The first-order valence-corrected chi connectivity index (χ1v) is 9.99. The Hall–Kier alpha value is -1.88. The molecule has 0 spiro atoms. The Labute approximate surface area is 162 Å². The third kappa shape index (κ3) is 3.38. The van der Waals surface area contributed by atoms with Crippen LogP contribution in [0, 0.1) is 16.7 Å². The fraction of sp³-hybridized carbons (Fsp3) is 0.636. The normalized spacial score (nSPS) is 29.5. The molecule has 1 saturated carbocycles. The zero-order valence-corrected chi connectivity index (χ0v) is 16.9. The lowest BCUT2D eigenvalue weighted by Gasteiger charge is -2.45. The van der Waals surface area contributed by atoms with Gasteiger partial charge in [-0.3, -0.25) is 14.5 Å². The van der Waals surface area contributed by atoms with Gasteiger partial charge in [-0.25, -0.2) is 0 Å². The van der Waals surface area contributed by atoms with Gasteiger partial charge in [-0.15, -0.1) is 0 Å². The molecule has 2 fully saturated rings. The number of carboxylic acids is 1. The Morgan fingerprint density at radius 2 is 1.67 bits per heavy atom. The van der Waals surface area contributed by atoms with E-state index in [1.807, 2.05) is 31.7 Å². The van der Waals surface area contributed by atoms with Crippen molar-refractivity contribution in [2.45, 2.75) is 46.6 Å². The van der Waals surface area contributed by atoms with E-state index in [1.165, 1.54) is 5.56 Å². The van der Waals surface area contributed by atoms with Crippen LogP contribution in [-0.2, 0) is 9.59 Å². The number of carbonyl (C=O) groups is 2. The SMILES string of the molecule is CC(c1ccccc1)N1CCN(C(=O)C2(C)CCC(C(=O)O)C2(C)C)CC1. The van der Waals surface area contributed by atoms with Crippen molar-refractivity contribution in [1.29, 1.82) is 0 Å². The minimum Gasteiger partial charge on any atom is -0.481 e. The third-order valence-corrected chi connectivity index (χ3v) is 7.43. The predicted octanol–water partition coefficient (Wildman–Crippen LogP) is 3.42. The highest BCUT2D eigenvalue weighted by atomic mass is 16.4. The summed E-state index contributed by atoms with van der Waals surface area (Å²) < 4.78 is 0. The number of hydrogen-bond donors (Lipinski definition) is 1. The van der Waals surface area contributed by atoms with Crippen LogP contribution in [0.2, 0.25) is 0 Å². The van der Waals surface area contributed by atoms with Gasteiger partial charge >= 0.3 is 5.97 Å². The van der Waals surface area contributed by atoms with Gasteiger partial charge in [0, 0.05) is 32.2 Å². The first-order chi connectivity index (χ1) is 12.7. The lowest BCUT2D eigenvalue weighted by atomic mass is 9.65. The number of nitrogens with zero attached hydrogens (tertiary/aromatic N) is 2. The van der Waals surface area contributed by atoms with Crippen molar-refractivity contribution in [3.63, 3.8) is 0 Å². The van der Waals surface area contributed by atoms with Gasteiger partial charge in [0.25, 0.3) is 0 Å². The van der Waals surface area contributed by atoms with Crippen LogP contribution in [-0.4, -0.2) is 53.0 Å². The monoisotopic (exact) mass is 372 g/mol. The van der Waals surface area contributed by atoms with Crippen LogP contribution in [0.3, 0.4) is 0 Å². The van der Waals surface area contributed by atoms with Gasteiger partial charge in [0.2, 0.25) is 5.91 Å². The highest BCUT2D eigenvalue weighted by Crippen LogP contribution is 2.56. The molecule has 3 atom stereocenters. The summed E-state index contributed by atoms with van der Waals surface area (Å²) in [6, 6.07) is 10.8. The second-order valence-electron chi connectivity index (χ2n) is 8.90. The van der Waals surface area contributed by atoms with Gasteiger partial charge in [-0.1, -0.05) is 51.1 Å². The van der Waals surface area contributed by atoms with Crippen molar-refractivity contribution >= 4 is 11.9 Å². The number of carboxylic acid groups (broad SMARTS) is 1. The zero-order valence-electron chi connectivity index (χ0n) is 16.9. The third-order valence-electron chi connectivity index (χ3n) is 7.43. The van der Waals surface area contributed by atoms with E-state index in [1.54, 1.807) is 0 Å². The first kappa shape index (κ1) is 19.9. The molecular formula is C22H32N2O3. The van der Waals surface area contributed by atoms with Crippen LogP contribution < -0.4 is 0 Å². The fourth-order valence-corrected chi connectivity index (χ4v) is 4.92. The number of benzene rings is 1. The minimum absolute atomic E-state index is 0.128. The Bertz CT molecular complexity index is 695. The first-order valence-electron chi connectivity index (χ1n) is 9.99. The summed E-state index contributed by atoms with van der Waals surface area (Å²) in [6.07, 6.45) is 1.23. The molecule has 0 radical (unpaired) electrons. The molecule has 1 aromatic rings. The van der Waals surface area contributed by atoms with Crippen LogP contribution >= 0.6 is 0 Å². The summed E-state index contributed by atoms with van der Waals surface area (Å²) >= 11 is 0. The minimum atomic E-state index is -0.780. The molecule has 27 heavy (non-hydrogen) atoms. The van der Waals surface area contributed by atoms with E-state index in [2.05, 4.69) is 36.1 Å². The Morgan fingerprint density at radius 3 is 2.19 bits per heavy atom. The number of hydrogen-bond acceptors (Lipinski definition) is 3. The molecule has 5 heteroatoms. The largest absolute Gasteiger partial charge is 0.481 e. The van der Waals surface area contributed by atoms with Crippen molar-refractivity contribution in [1.82, 2.24) is 9.80 Å². The van der Waals surface area contributed by atoms with E-state index in [9.17, 15) is 14.7 Å². The highest BCUT2D eigenvalue weighted by Gasteiger charge is 2.59. The van der Waals surface area contributed by atoms with E-state index >= 15 is 0 Å². The summed E-state index contributed by atoms with van der Waals surface area (Å²) in [5.41, 5.74) is 0.152. The molecule has 2 aliphatic rings. The Balaban J connectivity index is 1.66. The molecule has 5 nitrogen and oxygen atoms in total. The summed E-state index contributed by atoms with van der Waals surface area (Å²) in [5.74, 6) is -1.10. The van der Waals surface area contributed by atoms with Crippen LogP contribution in [0.25, 0.3) is 0 Å². The molecule has 1 aliphatic carbocycles. The summed E-state index contributed by atoms with van der Waals surface area (Å²) in [7, 11) is 0. The standard InChI is InChI=1S/C22H32N2O3/c1-16(17-8-6-5-7-9-17)23-12-14-24(15-13-23)20(27)22(4)11-10-18(19(25)26)21(22,2)3/h5-9,16,18H,10-15H2,1-4H3,(H,25,26). The molecule has 1 heterocycles. The number of rotatable bonds is 4. The predicted molar refractivity (Wildman–Crippen MR) is 105 cm³/mol. The van der Waals surface area contributed by atoms with Crippen LogP contribution in [0.1, 0.15) is 52.1 Å². The maximum absolute atomic E-state index is 13.4. The smallest absolute Gasteiger partial charge is 0.307 e. The van der Waals surface area contributed by atoms with Gasteiger partial charge in [0.1, 0.15) is 0 Å². The second-order valence-corrected chi connectivity index (χ2v) is 8.90. The molecule has 1 aliphatic heterocycles. The summed E-state index contributed by atoms with van der Waals surface area (Å²) in [5, 5.41) is 9.55. The van der Waals surface area contributed by atoms with Crippen molar-refractivity contribution in [3.05, 3.63) is 35.9 Å². The van der Waals surface area contributed by atoms with E-state index < -0.39 is 22.7 Å². The van der Waals surface area contributed by atoms with Crippen molar-refractivity contribution in [2.75, 3.05) is 26.2 Å². The van der Waals surface area contributed by atoms with E-state index in [0.717, 1.165) is 13.1 Å². The second kappa shape index (κ2) is 7.27. The van der Waals surface area contributed by atoms with E-state index in [-0.39, 0.29) is 5.91 Å². The number of amides is 1. The average Bonchev–Trinajstić information content (AvgIpc) is 2.91. The van der Waals surface area contributed by atoms with Gasteiger partial charge in [-0.2, -0.15) is 0 Å². The molecule has 3 unspecified atom stereocenters. The summed E-state index contributed by atoms with van der Waals surface area (Å²) in [4.78, 5) is 29.4. The molecule has 1 N–H and O–H groups in total. The molecule has 1 aromatic carbocycles. The number of piperazine rings is 1. The Morgan fingerprint density at radius 1 is 1.07 bits per heavy atom. The summed E-state index contributed by atoms with van der Waals surface area (Å²) in [6.45, 7) is 11.2. The molecule has 0 bridgehead atoms. The topological polar surface area (TPSA) is 60.9 Å². The van der Waals surface area contributed by atoms with Crippen molar-refractivity contribution < 1.29 is 14.7 Å². The molecule has 1 amide bonds. The lowest BCUT2D eigenvalue weighted by molar-refractivity contribution is -0.154.